The van der Waals surface area contributed by atoms with Gasteiger partial charge < -0.3 is 4.72 Å². The van der Waals surface area contributed by atoms with Crippen LogP contribution in [-0.2, 0) is 0 Å². The van der Waals surface area contributed by atoms with Gasteiger partial charge in [-0.05, 0) is 29.9 Å². The highest BCUT2D eigenvalue weighted by Crippen LogP contribution is 2.14. The maximum Gasteiger partial charge on any atom is 0.123 e. The standard InChI is InChI=1S/C9H13FNPS/c1-2-5-13-11-8-4-3-7(10)6-9(8)12/h3-4,6,11H,2,5,12H2,1H3. The second-order valence-electron chi connectivity index (χ2n) is 2.68. The fourth-order valence-electron chi connectivity index (χ4n) is 0.857. The van der Waals surface area contributed by atoms with Gasteiger partial charge in [-0.25, -0.2) is 4.39 Å². The predicted octanol–water partition coefficient (Wildman–Crippen LogP) is 2.80. The Kier molecular flexibility index (Phi) is 4.54. The van der Waals surface area contributed by atoms with Crippen molar-refractivity contribution >= 4 is 32.2 Å². The molecule has 1 aromatic rings. The molecule has 0 saturated heterocycles. The quantitative estimate of drug-likeness (QED) is 0.473. The van der Waals surface area contributed by atoms with Gasteiger partial charge in [0.25, 0.3) is 0 Å². The van der Waals surface area contributed by atoms with Crippen molar-refractivity contribution in [3.63, 3.8) is 0 Å². The van der Waals surface area contributed by atoms with Crippen molar-refractivity contribution in [3.8, 4) is 0 Å². The zero-order valence-electron chi connectivity index (χ0n) is 7.51. The van der Waals surface area contributed by atoms with Gasteiger partial charge in [-0.3, -0.25) is 0 Å². The predicted molar refractivity (Wildman–Crippen MR) is 62.1 cm³/mol. The van der Waals surface area contributed by atoms with Gasteiger partial charge in [0.15, 0.2) is 0 Å². The Morgan fingerprint density at radius 2 is 2.31 bits per heavy atom. The van der Waals surface area contributed by atoms with E-state index in [0.717, 1.165) is 23.2 Å². The van der Waals surface area contributed by atoms with Crippen molar-refractivity contribution in [2.24, 2.45) is 0 Å². The van der Waals surface area contributed by atoms with Crippen molar-refractivity contribution in [2.45, 2.75) is 13.3 Å². The zero-order chi connectivity index (χ0) is 9.68. The SMILES string of the molecule is CCCSNc1ccc(F)cc1P. The molecular formula is C9H13FNPS. The van der Waals surface area contributed by atoms with Gasteiger partial charge in [0.2, 0.25) is 0 Å². The van der Waals surface area contributed by atoms with Crippen molar-refractivity contribution in [2.75, 3.05) is 10.5 Å². The van der Waals surface area contributed by atoms with Gasteiger partial charge in [0.05, 0.1) is 5.69 Å². The first kappa shape index (κ1) is 10.8. The van der Waals surface area contributed by atoms with Gasteiger partial charge in [-0.15, -0.1) is 9.24 Å². The molecule has 1 rings (SSSR count). The molecule has 0 aliphatic heterocycles. The summed E-state index contributed by atoms with van der Waals surface area (Å²) in [6.45, 7) is 2.13. The summed E-state index contributed by atoms with van der Waals surface area (Å²) in [6.07, 6.45) is 1.13. The Labute approximate surface area is 84.8 Å². The molecule has 1 atom stereocenters. The third-order valence-electron chi connectivity index (χ3n) is 1.50. The van der Waals surface area contributed by atoms with Gasteiger partial charge in [0, 0.05) is 5.75 Å². The largest absolute Gasteiger partial charge is 0.329 e. The number of hydrogen-bond donors (Lipinski definition) is 1. The first-order valence-electron chi connectivity index (χ1n) is 4.17. The second kappa shape index (κ2) is 5.46. The van der Waals surface area contributed by atoms with Crippen LogP contribution in [0.25, 0.3) is 0 Å². The fraction of sp³-hybridized carbons (Fsp3) is 0.333. The topological polar surface area (TPSA) is 12.0 Å². The molecule has 0 fully saturated rings. The lowest BCUT2D eigenvalue weighted by Gasteiger charge is -2.07. The van der Waals surface area contributed by atoms with Crippen molar-refractivity contribution in [1.29, 1.82) is 0 Å². The van der Waals surface area contributed by atoms with E-state index in [2.05, 4.69) is 20.9 Å². The number of nitrogens with one attached hydrogen (secondary N) is 1. The Hall–Kier alpha value is -0.270. The smallest absolute Gasteiger partial charge is 0.123 e. The minimum Gasteiger partial charge on any atom is -0.329 e. The van der Waals surface area contributed by atoms with Crippen molar-refractivity contribution in [1.82, 2.24) is 0 Å². The minimum atomic E-state index is -0.198. The Morgan fingerprint density at radius 3 is 2.92 bits per heavy atom. The first-order chi connectivity index (χ1) is 6.24. The number of hydrogen-bond acceptors (Lipinski definition) is 2. The van der Waals surface area contributed by atoms with Crippen LogP contribution in [0.3, 0.4) is 0 Å². The van der Waals surface area contributed by atoms with E-state index < -0.39 is 0 Å². The van der Waals surface area contributed by atoms with E-state index in [1.807, 2.05) is 0 Å². The van der Waals surface area contributed by atoms with E-state index in [-0.39, 0.29) is 5.82 Å². The van der Waals surface area contributed by atoms with Crippen LogP contribution in [0, 0.1) is 5.82 Å². The molecule has 0 radical (unpaired) electrons. The number of rotatable bonds is 4. The zero-order valence-corrected chi connectivity index (χ0v) is 9.48. The molecule has 0 spiro atoms. The lowest BCUT2D eigenvalue weighted by molar-refractivity contribution is 0.629. The first-order valence-corrected chi connectivity index (χ1v) is 5.73. The van der Waals surface area contributed by atoms with Crippen LogP contribution in [0.2, 0.25) is 0 Å². The molecular weight excluding hydrogens is 204 g/mol. The van der Waals surface area contributed by atoms with Crippen LogP contribution < -0.4 is 10.0 Å². The van der Waals surface area contributed by atoms with E-state index in [1.165, 1.54) is 12.1 Å². The molecule has 1 unspecified atom stereocenters. The van der Waals surface area contributed by atoms with Crippen LogP contribution in [0.1, 0.15) is 13.3 Å². The highest BCUT2D eigenvalue weighted by atomic mass is 32.2. The number of anilines is 1. The molecule has 1 aromatic carbocycles. The van der Waals surface area contributed by atoms with Crippen LogP contribution in [0.5, 0.6) is 0 Å². The Balaban J connectivity index is 2.56. The summed E-state index contributed by atoms with van der Waals surface area (Å²) >= 11 is 1.64. The normalized spacial score (nSPS) is 10.1. The summed E-state index contributed by atoms with van der Waals surface area (Å²) in [5.41, 5.74) is 0.963. The Bertz CT molecular complexity index is 280. The van der Waals surface area contributed by atoms with Crippen LogP contribution in [0.15, 0.2) is 18.2 Å². The molecule has 0 bridgehead atoms. The minimum absolute atomic E-state index is 0.198. The lowest BCUT2D eigenvalue weighted by atomic mass is 10.3. The van der Waals surface area contributed by atoms with E-state index in [9.17, 15) is 4.39 Å². The highest BCUT2D eigenvalue weighted by Gasteiger charge is 1.98. The monoisotopic (exact) mass is 217 g/mol. The highest BCUT2D eigenvalue weighted by molar-refractivity contribution is 8.00. The second-order valence-corrected chi connectivity index (χ2v) is 4.21. The summed E-state index contributed by atoms with van der Waals surface area (Å²) in [6, 6.07) is 4.71. The molecule has 0 aromatic heterocycles. The summed E-state index contributed by atoms with van der Waals surface area (Å²) in [7, 11) is 2.52. The molecule has 0 heterocycles. The average Bonchev–Trinajstić information content (AvgIpc) is 2.09. The maximum absolute atomic E-state index is 12.7. The van der Waals surface area contributed by atoms with Crippen LogP contribution in [-0.4, -0.2) is 5.75 Å². The molecule has 0 aliphatic carbocycles. The lowest BCUT2D eigenvalue weighted by Crippen LogP contribution is -2.01. The molecule has 4 heteroatoms. The van der Waals surface area contributed by atoms with Gasteiger partial charge >= 0.3 is 0 Å². The molecule has 1 nitrogen and oxygen atoms in total. The third-order valence-corrected chi connectivity index (χ3v) is 2.96. The van der Waals surface area contributed by atoms with Gasteiger partial charge in [0.1, 0.15) is 5.82 Å². The van der Waals surface area contributed by atoms with E-state index in [0.29, 0.717) is 0 Å². The van der Waals surface area contributed by atoms with Crippen LogP contribution >= 0.6 is 21.2 Å². The van der Waals surface area contributed by atoms with E-state index in [1.54, 1.807) is 18.0 Å². The van der Waals surface area contributed by atoms with Gasteiger partial charge in [-0.1, -0.05) is 18.9 Å². The van der Waals surface area contributed by atoms with Crippen molar-refractivity contribution in [3.05, 3.63) is 24.0 Å². The molecule has 72 valence electrons. The summed E-state index contributed by atoms with van der Waals surface area (Å²) in [4.78, 5) is 0. The molecule has 1 N–H and O–H groups in total. The summed E-state index contributed by atoms with van der Waals surface area (Å²) < 4.78 is 15.9. The van der Waals surface area contributed by atoms with Gasteiger partial charge in [-0.2, -0.15) is 0 Å². The Morgan fingerprint density at radius 1 is 1.54 bits per heavy atom. The van der Waals surface area contributed by atoms with E-state index >= 15 is 0 Å². The van der Waals surface area contributed by atoms with Crippen LogP contribution in [0.4, 0.5) is 10.1 Å². The summed E-state index contributed by atoms with van der Waals surface area (Å²) in [5, 5.41) is 0.864. The third kappa shape index (κ3) is 3.53. The van der Waals surface area contributed by atoms with E-state index in [4.69, 9.17) is 0 Å². The molecule has 0 aliphatic rings. The average molecular weight is 217 g/mol. The van der Waals surface area contributed by atoms with Crippen molar-refractivity contribution < 1.29 is 4.39 Å². The summed E-state index contributed by atoms with van der Waals surface area (Å²) in [5.74, 6) is 0.859. The molecule has 0 saturated carbocycles. The molecule has 13 heavy (non-hydrogen) atoms. The number of halogens is 1. The fourth-order valence-corrected chi connectivity index (χ4v) is 1.94. The molecule has 0 amide bonds. The number of benzene rings is 1. The maximum atomic E-state index is 12.7.